The van der Waals surface area contributed by atoms with E-state index in [0.717, 1.165) is 101 Å². The van der Waals surface area contributed by atoms with Gasteiger partial charge < -0.3 is 0 Å². The van der Waals surface area contributed by atoms with Gasteiger partial charge in [0.2, 0.25) is 0 Å². The van der Waals surface area contributed by atoms with Crippen molar-refractivity contribution in [2.24, 2.45) is 0 Å². The molecule has 124 heavy (non-hydrogen) atoms. The lowest BCUT2D eigenvalue weighted by atomic mass is 9.70. The molecule has 0 amide bonds. The van der Waals surface area contributed by atoms with Gasteiger partial charge >= 0.3 is 0 Å². The molecule has 20 aromatic rings. The van der Waals surface area contributed by atoms with E-state index in [9.17, 15) is 0 Å². The van der Waals surface area contributed by atoms with Gasteiger partial charge in [-0.05, 0) is 229 Å². The summed E-state index contributed by atoms with van der Waals surface area (Å²) >= 11 is 0. The number of pyridine rings is 2. The van der Waals surface area contributed by atoms with Crippen LogP contribution in [0.1, 0.15) is 47.2 Å². The summed E-state index contributed by atoms with van der Waals surface area (Å²) in [7, 11) is 0. The number of nitrogens with zero attached hydrogens (tertiary/aromatic N) is 6. The van der Waals surface area contributed by atoms with Gasteiger partial charge in [0, 0.05) is 63.6 Å². The second kappa shape index (κ2) is 31.3. The highest BCUT2D eigenvalue weighted by molar-refractivity contribution is 5.97. The first-order valence-electron chi connectivity index (χ1n) is 42.4. The van der Waals surface area contributed by atoms with Crippen LogP contribution in [0.15, 0.2) is 449 Å². The Balaban J connectivity index is 0.000000149. The third kappa shape index (κ3) is 13.5. The number of hydrogen-bond donors (Lipinski definition) is 0. The molecule has 1 spiro atoms. The molecule has 16 aromatic carbocycles. The summed E-state index contributed by atoms with van der Waals surface area (Å²) in [5.74, 6) is 1.39. The maximum Gasteiger partial charge on any atom is 0.160 e. The quantitative estimate of drug-likeness (QED) is 0.108. The topological polar surface area (TPSA) is 77.3 Å². The molecule has 582 valence electrons. The average molecular weight is 1580 g/mol. The van der Waals surface area contributed by atoms with Crippen LogP contribution >= 0.6 is 0 Å². The van der Waals surface area contributed by atoms with Crippen LogP contribution in [0.25, 0.3) is 190 Å². The molecule has 0 unspecified atom stereocenters. The molecule has 0 fully saturated rings. The molecule has 0 radical (unpaired) electrons. The largest absolute Gasteiger partial charge is 0.264 e. The minimum Gasteiger partial charge on any atom is -0.264 e. The molecule has 0 N–H and O–H groups in total. The summed E-state index contributed by atoms with van der Waals surface area (Å²) in [5.41, 5.74) is 43.8. The normalized spacial score (nSPS) is 12.6. The summed E-state index contributed by atoms with van der Waals surface area (Å²) in [6, 6.07) is 153. The highest BCUT2D eigenvalue weighted by atomic mass is 14.9. The SMILES string of the molecule is CC1(C)c2ccccc2-c2ccc(-c3cccc(-c4cccc(-c5cccc(-c6cc(-c7ccc(-c8cccnc8)cc7)nc(-c7ccccc7)n6)c5)c4)c3)cc21.c1ccc(-c2nc(-c3ccc(-c4cccnc4)cc3)cc(-c3cccc(-c4cccc(-c5cccc(-c6ccc7c(c6)C6(c8ccccc8-c8ccccc86)c6ccccc6-7)c5)c4)c3)n2)cc1. The van der Waals surface area contributed by atoms with Crippen molar-refractivity contribution in [2.75, 3.05) is 0 Å². The first-order chi connectivity index (χ1) is 61.2. The Bertz CT molecular complexity index is 7420. The van der Waals surface area contributed by atoms with Crippen molar-refractivity contribution in [1.29, 1.82) is 0 Å². The van der Waals surface area contributed by atoms with E-state index < -0.39 is 0 Å². The summed E-state index contributed by atoms with van der Waals surface area (Å²) in [5, 5.41) is 0. The fourth-order valence-corrected chi connectivity index (χ4v) is 19.0. The molecule has 0 saturated carbocycles. The molecule has 4 heterocycles. The van der Waals surface area contributed by atoms with E-state index >= 15 is 0 Å². The highest BCUT2D eigenvalue weighted by Gasteiger charge is 2.51. The third-order valence-corrected chi connectivity index (χ3v) is 25.2. The molecule has 0 saturated heterocycles. The van der Waals surface area contributed by atoms with Crippen LogP contribution < -0.4 is 0 Å². The zero-order chi connectivity index (χ0) is 82.7. The van der Waals surface area contributed by atoms with Gasteiger partial charge in [-0.25, -0.2) is 19.9 Å². The molecule has 0 bridgehead atoms. The second-order valence-electron chi connectivity index (χ2n) is 32.9. The predicted octanol–water partition coefficient (Wildman–Crippen LogP) is 29.7. The van der Waals surface area contributed by atoms with Gasteiger partial charge in [-0.3, -0.25) is 9.97 Å². The number of hydrogen-bond acceptors (Lipinski definition) is 6. The average Bonchev–Trinajstić information content (AvgIpc) is 1.51. The van der Waals surface area contributed by atoms with Crippen LogP contribution in [0, 0.1) is 0 Å². The van der Waals surface area contributed by atoms with Crippen LogP contribution in [0.5, 0.6) is 0 Å². The Morgan fingerprint density at radius 3 is 0.766 bits per heavy atom. The van der Waals surface area contributed by atoms with Crippen molar-refractivity contribution in [2.45, 2.75) is 24.7 Å². The summed E-state index contributed by atoms with van der Waals surface area (Å²) in [4.78, 5) is 29.1. The molecule has 6 nitrogen and oxygen atoms in total. The van der Waals surface area contributed by atoms with Crippen molar-refractivity contribution < 1.29 is 0 Å². The van der Waals surface area contributed by atoms with E-state index in [-0.39, 0.29) is 10.8 Å². The Labute approximate surface area is 722 Å². The van der Waals surface area contributed by atoms with Gasteiger partial charge in [0.25, 0.3) is 0 Å². The molecule has 0 aliphatic heterocycles. The molecule has 23 rings (SSSR count). The maximum atomic E-state index is 5.16. The van der Waals surface area contributed by atoms with E-state index in [2.05, 4.69) is 400 Å². The van der Waals surface area contributed by atoms with Crippen molar-refractivity contribution in [3.63, 3.8) is 0 Å². The zero-order valence-corrected chi connectivity index (χ0v) is 68.4. The number of rotatable bonds is 14. The lowest BCUT2D eigenvalue weighted by Gasteiger charge is -2.30. The van der Waals surface area contributed by atoms with Gasteiger partial charge in [-0.1, -0.05) is 366 Å². The van der Waals surface area contributed by atoms with Crippen LogP contribution in [-0.4, -0.2) is 29.9 Å². The lowest BCUT2D eigenvalue weighted by Crippen LogP contribution is -2.25. The summed E-state index contributed by atoms with van der Waals surface area (Å²) in [6.07, 6.45) is 7.38. The Morgan fingerprint density at radius 2 is 0.411 bits per heavy atom. The molecule has 4 aromatic heterocycles. The molecular weight excluding hydrogens is 1500 g/mol. The summed E-state index contributed by atoms with van der Waals surface area (Å²) < 4.78 is 0. The molecule has 6 heteroatoms. The van der Waals surface area contributed by atoms with E-state index in [4.69, 9.17) is 19.9 Å². The van der Waals surface area contributed by atoms with Crippen LogP contribution in [0.4, 0.5) is 0 Å². The van der Waals surface area contributed by atoms with Crippen molar-refractivity contribution in [3.05, 3.63) is 483 Å². The van der Waals surface area contributed by atoms with Gasteiger partial charge in [0.15, 0.2) is 11.6 Å². The van der Waals surface area contributed by atoms with Crippen molar-refractivity contribution >= 4 is 0 Å². The van der Waals surface area contributed by atoms with E-state index in [0.29, 0.717) is 11.6 Å². The van der Waals surface area contributed by atoms with Gasteiger partial charge in [0.1, 0.15) is 0 Å². The third-order valence-electron chi connectivity index (χ3n) is 25.2. The van der Waals surface area contributed by atoms with Gasteiger partial charge in [-0.2, -0.15) is 0 Å². The van der Waals surface area contributed by atoms with Crippen molar-refractivity contribution in [3.8, 4) is 190 Å². The second-order valence-corrected chi connectivity index (χ2v) is 32.9. The highest BCUT2D eigenvalue weighted by Crippen LogP contribution is 2.63. The Morgan fingerprint density at radius 1 is 0.161 bits per heavy atom. The lowest BCUT2D eigenvalue weighted by molar-refractivity contribution is 0.660. The Hall–Kier alpha value is -16.0. The first kappa shape index (κ1) is 74.3. The van der Waals surface area contributed by atoms with Gasteiger partial charge in [0.05, 0.1) is 28.2 Å². The van der Waals surface area contributed by atoms with Gasteiger partial charge in [-0.15, -0.1) is 0 Å². The minimum absolute atomic E-state index is 0.0366. The standard InChI is InChI=1S/C64H41N3.C54H39N3/c1-2-14-44(15-3-1)63-66-61(43-31-29-42(30-32-43)52-22-13-35-65-41-52)40-62(67-63)51-21-12-20-49(38-51)47-18-10-16-45(36-47)46-17-11-19-48(37-46)50-33-34-56-55-25-6-9-28-59(55)64(60(56)39-50)57-26-7-4-23-53(57)54-24-5-8-27-58(54)64;1-54(2)49-22-7-6-21-47(49)48-28-27-44(33-50(48)54)42-17-9-15-40(31-42)39-14-8-16-41(30-39)43-18-10-19-45(32-43)52-34-51(56-53(57-52)38-12-4-3-5-13-38)37-25-23-36(24-26-37)46-20-11-29-55-35-46/h1-41H;3-35H,1-2H3. The van der Waals surface area contributed by atoms with Crippen LogP contribution in [0.2, 0.25) is 0 Å². The zero-order valence-electron chi connectivity index (χ0n) is 68.4. The molecular formula is C118H80N6. The number of fused-ring (bicyclic) bond motifs is 13. The monoisotopic (exact) mass is 1580 g/mol. The van der Waals surface area contributed by atoms with E-state index in [1.165, 1.54) is 111 Å². The van der Waals surface area contributed by atoms with Crippen LogP contribution in [0.3, 0.4) is 0 Å². The number of benzene rings is 16. The van der Waals surface area contributed by atoms with Crippen molar-refractivity contribution in [1.82, 2.24) is 29.9 Å². The maximum absolute atomic E-state index is 5.16. The smallest absolute Gasteiger partial charge is 0.160 e. The Kier molecular flexibility index (Phi) is 18.7. The van der Waals surface area contributed by atoms with E-state index in [1.54, 1.807) is 12.4 Å². The molecule has 0 atom stereocenters. The molecule has 3 aliphatic carbocycles. The fourth-order valence-electron chi connectivity index (χ4n) is 19.0. The first-order valence-corrected chi connectivity index (χ1v) is 42.4. The molecule has 3 aliphatic rings. The number of aromatic nitrogens is 6. The minimum atomic E-state index is -0.377. The summed E-state index contributed by atoms with van der Waals surface area (Å²) in [6.45, 7) is 4.68. The van der Waals surface area contributed by atoms with Crippen LogP contribution in [-0.2, 0) is 10.8 Å². The fraction of sp³-hybridized carbons (Fsp3) is 0.0339. The van der Waals surface area contributed by atoms with E-state index in [1.807, 2.05) is 60.9 Å². The predicted molar refractivity (Wildman–Crippen MR) is 510 cm³/mol.